The van der Waals surface area contributed by atoms with Crippen LogP contribution in [0.15, 0.2) is 60.8 Å². The number of benzene rings is 2. The number of hydrogen-bond acceptors (Lipinski definition) is 3. The van der Waals surface area contributed by atoms with E-state index >= 15 is 0 Å². The molecular formula is C16H15N3. The van der Waals surface area contributed by atoms with Crippen molar-refractivity contribution in [2.24, 2.45) is 0 Å². The summed E-state index contributed by atoms with van der Waals surface area (Å²) in [6.45, 7) is 1.57. The minimum absolute atomic E-state index is 0.729. The van der Waals surface area contributed by atoms with E-state index in [1.165, 1.54) is 5.56 Å². The molecule has 1 aromatic heterocycles. The molecule has 0 aliphatic carbocycles. The van der Waals surface area contributed by atoms with Crippen molar-refractivity contribution in [3.63, 3.8) is 0 Å². The van der Waals surface area contributed by atoms with Crippen molar-refractivity contribution in [3.8, 4) is 0 Å². The fourth-order valence-electron chi connectivity index (χ4n) is 2.01. The first-order valence-corrected chi connectivity index (χ1v) is 6.37. The van der Waals surface area contributed by atoms with E-state index in [1.807, 2.05) is 48.7 Å². The van der Waals surface area contributed by atoms with Gasteiger partial charge in [-0.2, -0.15) is 0 Å². The molecule has 0 amide bonds. The van der Waals surface area contributed by atoms with Crippen LogP contribution in [0.4, 0.5) is 0 Å². The van der Waals surface area contributed by atoms with E-state index in [0.29, 0.717) is 0 Å². The van der Waals surface area contributed by atoms with Gasteiger partial charge in [0.25, 0.3) is 0 Å². The number of fused-ring (bicyclic) bond motifs is 1. The summed E-state index contributed by atoms with van der Waals surface area (Å²) >= 11 is 0. The second-order valence-corrected chi connectivity index (χ2v) is 4.44. The highest BCUT2D eigenvalue weighted by molar-refractivity contribution is 5.73. The molecule has 1 heterocycles. The van der Waals surface area contributed by atoms with Crippen LogP contribution in [0.1, 0.15) is 11.3 Å². The van der Waals surface area contributed by atoms with E-state index in [0.717, 1.165) is 29.8 Å². The number of nitrogens with one attached hydrogen (secondary N) is 1. The van der Waals surface area contributed by atoms with Crippen molar-refractivity contribution >= 4 is 11.0 Å². The Balaban J connectivity index is 1.65. The van der Waals surface area contributed by atoms with Crippen LogP contribution in [-0.4, -0.2) is 9.97 Å². The van der Waals surface area contributed by atoms with Crippen LogP contribution in [0.25, 0.3) is 11.0 Å². The van der Waals surface area contributed by atoms with Gasteiger partial charge in [0, 0.05) is 13.1 Å². The summed E-state index contributed by atoms with van der Waals surface area (Å²) in [7, 11) is 0. The van der Waals surface area contributed by atoms with Crippen molar-refractivity contribution in [2.75, 3.05) is 0 Å². The van der Waals surface area contributed by atoms with Crippen molar-refractivity contribution < 1.29 is 0 Å². The largest absolute Gasteiger partial charge is 0.307 e. The second-order valence-electron chi connectivity index (χ2n) is 4.44. The topological polar surface area (TPSA) is 37.8 Å². The predicted octanol–water partition coefficient (Wildman–Crippen LogP) is 2.92. The van der Waals surface area contributed by atoms with Crippen LogP contribution in [0.5, 0.6) is 0 Å². The Labute approximate surface area is 112 Å². The number of nitrogens with zero attached hydrogens (tertiary/aromatic N) is 2. The quantitative estimate of drug-likeness (QED) is 0.772. The Hall–Kier alpha value is -2.26. The van der Waals surface area contributed by atoms with Crippen LogP contribution < -0.4 is 5.32 Å². The lowest BCUT2D eigenvalue weighted by molar-refractivity contribution is 0.679. The van der Waals surface area contributed by atoms with Crippen molar-refractivity contribution in [1.82, 2.24) is 15.3 Å². The van der Waals surface area contributed by atoms with Crippen LogP contribution in [-0.2, 0) is 13.1 Å². The van der Waals surface area contributed by atoms with E-state index in [2.05, 4.69) is 27.4 Å². The molecule has 3 nitrogen and oxygen atoms in total. The number of aromatic nitrogens is 2. The van der Waals surface area contributed by atoms with Gasteiger partial charge in [0.1, 0.15) is 0 Å². The Kier molecular flexibility index (Phi) is 3.47. The average Bonchev–Trinajstić information content (AvgIpc) is 2.48. The minimum atomic E-state index is 0.729. The molecule has 0 radical (unpaired) electrons. The van der Waals surface area contributed by atoms with Gasteiger partial charge in [-0.25, -0.2) is 4.98 Å². The molecule has 1 N–H and O–H groups in total. The molecule has 3 aromatic rings. The predicted molar refractivity (Wildman–Crippen MR) is 76.5 cm³/mol. The van der Waals surface area contributed by atoms with Gasteiger partial charge in [0.15, 0.2) is 0 Å². The fraction of sp³-hybridized carbons (Fsp3) is 0.125. The third-order valence-corrected chi connectivity index (χ3v) is 2.98. The third kappa shape index (κ3) is 2.95. The SMILES string of the molecule is c1ccc(CNCc2cnc3ccccc3n2)cc1. The van der Waals surface area contributed by atoms with Crippen molar-refractivity contribution in [3.05, 3.63) is 72.1 Å². The Morgan fingerprint density at radius 2 is 1.53 bits per heavy atom. The Bertz CT molecular complexity index is 665. The van der Waals surface area contributed by atoms with Crippen LogP contribution >= 0.6 is 0 Å². The zero-order valence-corrected chi connectivity index (χ0v) is 10.6. The summed E-state index contributed by atoms with van der Waals surface area (Å²) in [6, 6.07) is 18.3. The average molecular weight is 249 g/mol. The maximum atomic E-state index is 4.58. The van der Waals surface area contributed by atoms with Crippen molar-refractivity contribution in [1.29, 1.82) is 0 Å². The fourth-order valence-corrected chi connectivity index (χ4v) is 2.01. The summed E-state index contributed by atoms with van der Waals surface area (Å²) in [5, 5.41) is 3.38. The van der Waals surface area contributed by atoms with Gasteiger partial charge >= 0.3 is 0 Å². The van der Waals surface area contributed by atoms with Gasteiger partial charge < -0.3 is 5.32 Å². The van der Waals surface area contributed by atoms with Gasteiger partial charge in [-0.15, -0.1) is 0 Å². The Morgan fingerprint density at radius 3 is 2.37 bits per heavy atom. The molecule has 0 fully saturated rings. The summed E-state index contributed by atoms with van der Waals surface area (Å²) in [4.78, 5) is 8.99. The third-order valence-electron chi connectivity index (χ3n) is 2.98. The molecule has 0 aliphatic rings. The minimum Gasteiger partial charge on any atom is -0.307 e. The monoisotopic (exact) mass is 249 g/mol. The molecule has 0 saturated carbocycles. The standard InChI is InChI=1S/C16H15N3/c1-2-6-13(7-3-1)10-17-11-14-12-18-15-8-4-5-9-16(15)19-14/h1-9,12,17H,10-11H2. The molecule has 94 valence electrons. The highest BCUT2D eigenvalue weighted by atomic mass is 14.9. The first-order valence-electron chi connectivity index (χ1n) is 6.37. The lowest BCUT2D eigenvalue weighted by atomic mass is 10.2. The van der Waals surface area contributed by atoms with Crippen LogP contribution in [0.3, 0.4) is 0 Å². The molecule has 0 saturated heterocycles. The van der Waals surface area contributed by atoms with E-state index < -0.39 is 0 Å². The van der Waals surface area contributed by atoms with E-state index in [1.54, 1.807) is 0 Å². The molecule has 3 rings (SSSR count). The van der Waals surface area contributed by atoms with E-state index in [4.69, 9.17) is 0 Å². The maximum absolute atomic E-state index is 4.58. The van der Waals surface area contributed by atoms with Crippen molar-refractivity contribution in [2.45, 2.75) is 13.1 Å². The highest BCUT2D eigenvalue weighted by Crippen LogP contribution is 2.08. The molecule has 0 aliphatic heterocycles. The van der Waals surface area contributed by atoms with Gasteiger partial charge in [-0.05, 0) is 17.7 Å². The molecule has 0 unspecified atom stereocenters. The number of hydrogen-bond donors (Lipinski definition) is 1. The summed E-state index contributed by atoms with van der Waals surface area (Å²) < 4.78 is 0. The first kappa shape index (κ1) is 11.8. The van der Waals surface area contributed by atoms with E-state index in [9.17, 15) is 0 Å². The lowest BCUT2D eigenvalue weighted by Gasteiger charge is -2.05. The molecular weight excluding hydrogens is 234 g/mol. The Morgan fingerprint density at radius 1 is 0.789 bits per heavy atom. The second kappa shape index (κ2) is 5.59. The summed E-state index contributed by atoms with van der Waals surface area (Å²) in [5.41, 5.74) is 4.13. The lowest BCUT2D eigenvalue weighted by Crippen LogP contribution is -2.13. The molecule has 2 aromatic carbocycles. The molecule has 0 atom stereocenters. The van der Waals surface area contributed by atoms with Gasteiger partial charge in [-0.1, -0.05) is 42.5 Å². The molecule has 19 heavy (non-hydrogen) atoms. The summed E-state index contributed by atoms with van der Waals surface area (Å²) in [6.07, 6.45) is 1.83. The molecule has 3 heteroatoms. The van der Waals surface area contributed by atoms with Gasteiger partial charge in [-0.3, -0.25) is 4.98 Å². The normalized spacial score (nSPS) is 10.7. The van der Waals surface area contributed by atoms with Gasteiger partial charge in [0.2, 0.25) is 0 Å². The zero-order chi connectivity index (χ0) is 12.9. The zero-order valence-electron chi connectivity index (χ0n) is 10.6. The number of rotatable bonds is 4. The van der Waals surface area contributed by atoms with Gasteiger partial charge in [0.05, 0.1) is 22.9 Å². The van der Waals surface area contributed by atoms with Crippen LogP contribution in [0.2, 0.25) is 0 Å². The van der Waals surface area contributed by atoms with Crippen LogP contribution in [0, 0.1) is 0 Å². The maximum Gasteiger partial charge on any atom is 0.0890 e. The molecule has 0 spiro atoms. The summed E-state index contributed by atoms with van der Waals surface area (Å²) in [5.74, 6) is 0. The smallest absolute Gasteiger partial charge is 0.0890 e. The molecule has 0 bridgehead atoms. The highest BCUT2D eigenvalue weighted by Gasteiger charge is 1.99. The number of para-hydroxylation sites is 2. The first-order chi connectivity index (χ1) is 9.42. The van der Waals surface area contributed by atoms with E-state index in [-0.39, 0.29) is 0 Å².